The lowest BCUT2D eigenvalue weighted by molar-refractivity contribution is 0.134. The Hall–Kier alpha value is -1.66. The van der Waals surface area contributed by atoms with Crippen molar-refractivity contribution in [2.45, 2.75) is 25.9 Å². The molecule has 0 radical (unpaired) electrons. The summed E-state index contributed by atoms with van der Waals surface area (Å²) in [5, 5.41) is 21.2. The van der Waals surface area contributed by atoms with Crippen LogP contribution in [0.25, 0.3) is 0 Å². The minimum absolute atomic E-state index is 0.0974. The van der Waals surface area contributed by atoms with Crippen LogP contribution in [0.4, 0.5) is 4.39 Å². The van der Waals surface area contributed by atoms with Crippen LogP contribution in [-0.4, -0.2) is 40.2 Å². The third-order valence-electron chi connectivity index (χ3n) is 4.01. The van der Waals surface area contributed by atoms with E-state index in [0.29, 0.717) is 18.0 Å². The second-order valence-electron chi connectivity index (χ2n) is 5.27. The number of likely N-dealkylation sites (tertiary alicyclic amines) is 1. The average Bonchev–Trinajstić information content (AvgIpc) is 2.80. The maximum atomic E-state index is 13.3. The van der Waals surface area contributed by atoms with Crippen LogP contribution in [0.3, 0.4) is 0 Å². The highest BCUT2D eigenvalue weighted by Crippen LogP contribution is 2.26. The number of halogens is 1. The quantitative estimate of drug-likeness (QED) is 0.334. The van der Waals surface area contributed by atoms with Crippen molar-refractivity contribution in [1.82, 2.24) is 4.90 Å². The fraction of sp³-hybridized carbons (Fsp3) is 0.500. The van der Waals surface area contributed by atoms with Gasteiger partial charge in [0.2, 0.25) is 0 Å². The molecule has 2 rings (SSSR count). The van der Waals surface area contributed by atoms with E-state index < -0.39 is 5.82 Å². The zero-order chi connectivity index (χ0) is 14.7. The summed E-state index contributed by atoms with van der Waals surface area (Å²) in [6.45, 7) is 3.62. The molecule has 5 nitrogen and oxygen atoms in total. The van der Waals surface area contributed by atoms with Gasteiger partial charge in [0.25, 0.3) is 0 Å². The fourth-order valence-electron chi connectivity index (χ4n) is 2.78. The van der Waals surface area contributed by atoms with Crippen molar-refractivity contribution in [2.75, 3.05) is 13.2 Å². The van der Waals surface area contributed by atoms with Gasteiger partial charge in [0.05, 0.1) is 6.61 Å². The first-order valence-corrected chi connectivity index (χ1v) is 6.68. The van der Waals surface area contributed by atoms with Crippen molar-refractivity contribution in [3.63, 3.8) is 0 Å². The Morgan fingerprint density at radius 2 is 2.30 bits per heavy atom. The van der Waals surface area contributed by atoms with Crippen LogP contribution in [0.2, 0.25) is 0 Å². The normalized spacial score (nSPS) is 24.2. The van der Waals surface area contributed by atoms with Gasteiger partial charge >= 0.3 is 0 Å². The van der Waals surface area contributed by atoms with Gasteiger partial charge in [-0.15, -0.1) is 0 Å². The van der Waals surface area contributed by atoms with Crippen molar-refractivity contribution < 1.29 is 14.7 Å². The summed E-state index contributed by atoms with van der Waals surface area (Å²) < 4.78 is 13.3. The number of amidine groups is 1. The molecule has 20 heavy (non-hydrogen) atoms. The molecule has 1 aliphatic heterocycles. The largest absolute Gasteiger partial charge is 0.409 e. The summed E-state index contributed by atoms with van der Waals surface area (Å²) in [6.07, 6.45) is 1.02. The molecule has 0 saturated carbocycles. The number of hydrogen-bond acceptors (Lipinski definition) is 4. The van der Waals surface area contributed by atoms with Gasteiger partial charge in [0.15, 0.2) is 5.84 Å². The summed E-state index contributed by atoms with van der Waals surface area (Å²) in [5.74, 6) is -0.108. The predicted octanol–water partition coefficient (Wildman–Crippen LogP) is 1.12. The smallest absolute Gasteiger partial charge is 0.170 e. The van der Waals surface area contributed by atoms with Gasteiger partial charge in [0, 0.05) is 18.2 Å². The Labute approximate surface area is 117 Å². The number of benzene rings is 1. The molecule has 0 bridgehead atoms. The van der Waals surface area contributed by atoms with Gasteiger partial charge in [-0.25, -0.2) is 4.39 Å². The molecule has 2 unspecified atom stereocenters. The fourth-order valence-corrected chi connectivity index (χ4v) is 2.78. The van der Waals surface area contributed by atoms with Crippen LogP contribution in [0.5, 0.6) is 0 Å². The maximum absolute atomic E-state index is 13.3. The van der Waals surface area contributed by atoms with Gasteiger partial charge in [-0.2, -0.15) is 0 Å². The van der Waals surface area contributed by atoms with E-state index in [1.54, 1.807) is 6.07 Å². The number of hydrogen-bond donors (Lipinski definition) is 3. The molecule has 0 spiro atoms. The van der Waals surface area contributed by atoms with Crippen molar-refractivity contribution >= 4 is 5.84 Å². The summed E-state index contributed by atoms with van der Waals surface area (Å²) in [5.41, 5.74) is 6.78. The summed E-state index contributed by atoms with van der Waals surface area (Å²) in [6, 6.07) is 4.36. The first kappa shape index (κ1) is 14.7. The first-order valence-electron chi connectivity index (χ1n) is 6.68. The van der Waals surface area contributed by atoms with Crippen LogP contribution in [-0.2, 0) is 6.54 Å². The Morgan fingerprint density at radius 3 is 2.95 bits per heavy atom. The lowest BCUT2D eigenvalue weighted by Crippen LogP contribution is -2.35. The molecule has 6 heteroatoms. The van der Waals surface area contributed by atoms with Crippen molar-refractivity contribution in [2.24, 2.45) is 16.8 Å². The van der Waals surface area contributed by atoms with Gasteiger partial charge in [-0.3, -0.25) is 4.90 Å². The molecule has 1 aliphatic rings. The van der Waals surface area contributed by atoms with Gasteiger partial charge < -0.3 is 16.0 Å². The highest BCUT2D eigenvalue weighted by Gasteiger charge is 2.30. The van der Waals surface area contributed by atoms with Crippen LogP contribution in [0.1, 0.15) is 24.5 Å². The van der Waals surface area contributed by atoms with Crippen molar-refractivity contribution in [3.05, 3.63) is 35.1 Å². The molecule has 2 atom stereocenters. The molecule has 1 aromatic carbocycles. The maximum Gasteiger partial charge on any atom is 0.170 e. The molecule has 0 aromatic heterocycles. The summed E-state index contributed by atoms with van der Waals surface area (Å²) >= 11 is 0. The third-order valence-corrected chi connectivity index (χ3v) is 4.01. The van der Waals surface area contributed by atoms with Crippen LogP contribution in [0, 0.1) is 11.7 Å². The van der Waals surface area contributed by atoms with Gasteiger partial charge in [-0.05, 0) is 36.6 Å². The molecule has 110 valence electrons. The number of aliphatic hydroxyl groups excluding tert-OH is 1. The Kier molecular flexibility index (Phi) is 4.57. The van der Waals surface area contributed by atoms with Crippen LogP contribution < -0.4 is 5.73 Å². The monoisotopic (exact) mass is 281 g/mol. The molecule has 1 aromatic rings. The van der Waals surface area contributed by atoms with Gasteiger partial charge in [-0.1, -0.05) is 18.1 Å². The minimum atomic E-state index is -0.427. The Balaban J connectivity index is 2.25. The average molecular weight is 281 g/mol. The zero-order valence-electron chi connectivity index (χ0n) is 11.5. The lowest BCUT2D eigenvalue weighted by atomic mass is 10.0. The number of rotatable bonds is 4. The number of aliphatic hydroxyl groups is 1. The van der Waals surface area contributed by atoms with E-state index in [0.717, 1.165) is 18.5 Å². The summed E-state index contributed by atoms with van der Waals surface area (Å²) in [7, 11) is 0. The molecule has 1 heterocycles. The highest BCUT2D eigenvalue weighted by molar-refractivity contribution is 5.98. The van der Waals surface area contributed by atoms with E-state index >= 15 is 0 Å². The zero-order valence-corrected chi connectivity index (χ0v) is 11.5. The third kappa shape index (κ3) is 2.91. The Morgan fingerprint density at radius 1 is 1.55 bits per heavy atom. The summed E-state index contributed by atoms with van der Waals surface area (Å²) in [4.78, 5) is 2.14. The van der Waals surface area contributed by atoms with Crippen molar-refractivity contribution in [3.8, 4) is 0 Å². The second kappa shape index (κ2) is 6.19. The van der Waals surface area contributed by atoms with Gasteiger partial charge in [0.1, 0.15) is 5.82 Å². The van der Waals surface area contributed by atoms with Crippen molar-refractivity contribution in [1.29, 1.82) is 0 Å². The van der Waals surface area contributed by atoms with E-state index in [1.807, 2.05) is 0 Å². The molecule has 0 amide bonds. The molecular weight excluding hydrogens is 261 g/mol. The van der Waals surface area contributed by atoms with E-state index in [-0.39, 0.29) is 18.5 Å². The van der Waals surface area contributed by atoms with E-state index in [4.69, 9.17) is 10.9 Å². The molecular formula is C14H20FN3O2. The topological polar surface area (TPSA) is 82.1 Å². The number of nitrogens with two attached hydrogens (primary N) is 1. The molecule has 1 fully saturated rings. The number of nitrogens with zero attached hydrogens (tertiary/aromatic N) is 2. The molecule has 4 N–H and O–H groups in total. The highest BCUT2D eigenvalue weighted by atomic mass is 19.1. The van der Waals surface area contributed by atoms with E-state index in [2.05, 4.69) is 17.0 Å². The second-order valence-corrected chi connectivity index (χ2v) is 5.27. The molecule has 1 saturated heterocycles. The predicted molar refractivity (Wildman–Crippen MR) is 74.0 cm³/mol. The molecule has 0 aliphatic carbocycles. The van der Waals surface area contributed by atoms with Crippen LogP contribution in [0.15, 0.2) is 23.4 Å². The standard InChI is InChI=1S/C14H20FN3O2/c1-9-4-5-18(13(9)8-19)7-10-2-3-11(15)6-12(10)14(16)17-20/h2-3,6,9,13,19-20H,4-5,7-8H2,1H3,(H2,16,17). The Bertz CT molecular complexity index is 507. The minimum Gasteiger partial charge on any atom is -0.409 e. The first-order chi connectivity index (χ1) is 9.56. The van der Waals surface area contributed by atoms with E-state index in [9.17, 15) is 9.50 Å². The SMILES string of the molecule is CC1CCN(Cc2ccc(F)cc2/C(N)=N/O)C1CO. The van der Waals surface area contributed by atoms with E-state index in [1.165, 1.54) is 12.1 Å². The number of oxime groups is 1. The van der Waals surface area contributed by atoms with Crippen LogP contribution >= 0.6 is 0 Å². The lowest BCUT2D eigenvalue weighted by Gasteiger charge is -2.25.